The predicted octanol–water partition coefficient (Wildman–Crippen LogP) is 4.11. The van der Waals surface area contributed by atoms with Crippen molar-refractivity contribution < 1.29 is 0 Å². The van der Waals surface area contributed by atoms with Gasteiger partial charge in [-0.1, -0.05) is 50.2 Å². The maximum atomic E-state index is 12.7. The normalized spacial score (nSPS) is 11.2. The van der Waals surface area contributed by atoms with Crippen molar-refractivity contribution in [2.75, 3.05) is 0 Å². The Morgan fingerprint density at radius 3 is 2.10 bits per heavy atom. The summed E-state index contributed by atoms with van der Waals surface area (Å²) in [6, 6.07) is 17.6. The minimum absolute atomic E-state index is 0.0381. The first-order chi connectivity index (χ1) is 9.68. The van der Waals surface area contributed by atoms with Gasteiger partial charge in [-0.05, 0) is 35.1 Å². The Bertz CT molecular complexity index is 801. The van der Waals surface area contributed by atoms with Crippen LogP contribution in [0.3, 0.4) is 0 Å². The minimum Gasteiger partial charge on any atom is -0.283 e. The quantitative estimate of drug-likeness (QED) is 0.682. The molecule has 0 aliphatic carbocycles. The van der Waals surface area contributed by atoms with Gasteiger partial charge in [0.25, 0.3) is 5.56 Å². The Labute approximate surface area is 118 Å². The largest absolute Gasteiger partial charge is 0.283 e. The van der Waals surface area contributed by atoms with Gasteiger partial charge in [0.05, 0.1) is 0 Å². The van der Waals surface area contributed by atoms with E-state index in [2.05, 4.69) is 13.8 Å². The molecule has 1 aromatic heterocycles. The van der Waals surface area contributed by atoms with Gasteiger partial charge in [0.15, 0.2) is 0 Å². The zero-order valence-electron chi connectivity index (χ0n) is 11.7. The lowest BCUT2D eigenvalue weighted by Crippen LogP contribution is -2.19. The Morgan fingerprint density at radius 2 is 1.45 bits per heavy atom. The number of fused-ring (bicyclic) bond motifs is 1. The van der Waals surface area contributed by atoms with Gasteiger partial charge < -0.3 is 0 Å². The Morgan fingerprint density at radius 1 is 0.850 bits per heavy atom. The van der Waals surface area contributed by atoms with E-state index in [0.29, 0.717) is 5.92 Å². The van der Waals surface area contributed by atoms with E-state index in [-0.39, 0.29) is 5.56 Å². The summed E-state index contributed by atoms with van der Waals surface area (Å²) in [7, 11) is 0. The van der Waals surface area contributed by atoms with Gasteiger partial charge in [0, 0.05) is 17.3 Å². The van der Waals surface area contributed by atoms with E-state index in [0.717, 1.165) is 16.5 Å². The lowest BCUT2D eigenvalue weighted by Gasteiger charge is -2.14. The van der Waals surface area contributed by atoms with Gasteiger partial charge in [-0.25, -0.2) is 0 Å². The van der Waals surface area contributed by atoms with Crippen LogP contribution >= 0.6 is 0 Å². The Hall–Kier alpha value is -2.35. The number of pyridine rings is 1. The van der Waals surface area contributed by atoms with E-state index in [9.17, 15) is 4.79 Å². The molecule has 2 nitrogen and oxygen atoms in total. The molecular formula is C18H17NO. The molecule has 3 rings (SSSR count). The predicted molar refractivity (Wildman–Crippen MR) is 83.6 cm³/mol. The molecule has 0 saturated heterocycles. The molecule has 0 bridgehead atoms. The summed E-state index contributed by atoms with van der Waals surface area (Å²) in [5.41, 5.74) is 2.14. The first-order valence-corrected chi connectivity index (χ1v) is 6.88. The lowest BCUT2D eigenvalue weighted by molar-refractivity contribution is 0.849. The molecule has 0 radical (unpaired) electrons. The summed E-state index contributed by atoms with van der Waals surface area (Å²) < 4.78 is 1.75. The summed E-state index contributed by atoms with van der Waals surface area (Å²) in [5, 5.41) is 1.84. The summed E-state index contributed by atoms with van der Waals surface area (Å²) in [5.74, 6) is 0.371. The van der Waals surface area contributed by atoms with Crippen LogP contribution in [0.4, 0.5) is 0 Å². The number of benzene rings is 2. The molecule has 0 aliphatic rings. The number of hydrogen-bond donors (Lipinski definition) is 0. The minimum atomic E-state index is 0.0381. The number of rotatable bonds is 2. The molecule has 0 spiro atoms. The van der Waals surface area contributed by atoms with E-state index in [1.807, 2.05) is 60.8 Å². The highest BCUT2D eigenvalue weighted by atomic mass is 16.1. The second kappa shape index (κ2) is 4.97. The number of nitrogens with zero attached hydrogens (tertiary/aromatic N) is 1. The summed E-state index contributed by atoms with van der Waals surface area (Å²) in [4.78, 5) is 12.7. The molecular weight excluding hydrogens is 246 g/mol. The fourth-order valence-electron chi connectivity index (χ4n) is 2.56. The molecule has 3 aromatic rings. The van der Waals surface area contributed by atoms with Crippen molar-refractivity contribution in [2.45, 2.75) is 19.8 Å². The van der Waals surface area contributed by atoms with E-state index in [1.165, 1.54) is 5.56 Å². The number of para-hydroxylation sites is 1. The summed E-state index contributed by atoms with van der Waals surface area (Å²) in [6.07, 6.45) is 1.98. The zero-order chi connectivity index (χ0) is 14.1. The summed E-state index contributed by atoms with van der Waals surface area (Å²) >= 11 is 0. The molecule has 0 unspecified atom stereocenters. The topological polar surface area (TPSA) is 22.0 Å². The van der Waals surface area contributed by atoms with Crippen molar-refractivity contribution in [3.8, 4) is 5.69 Å². The highest BCUT2D eigenvalue weighted by Gasteiger charge is 2.11. The van der Waals surface area contributed by atoms with Crippen molar-refractivity contribution in [1.29, 1.82) is 0 Å². The lowest BCUT2D eigenvalue weighted by atomic mass is 9.98. The van der Waals surface area contributed by atoms with Gasteiger partial charge in [-0.15, -0.1) is 0 Å². The Kier molecular flexibility index (Phi) is 3.15. The number of aromatic nitrogens is 1. The molecule has 2 heteroatoms. The van der Waals surface area contributed by atoms with Crippen molar-refractivity contribution in [2.24, 2.45) is 0 Å². The third-order valence-electron chi connectivity index (χ3n) is 3.61. The molecule has 20 heavy (non-hydrogen) atoms. The van der Waals surface area contributed by atoms with Crippen molar-refractivity contribution in [3.63, 3.8) is 0 Å². The maximum Gasteiger partial charge on any atom is 0.262 e. The van der Waals surface area contributed by atoms with Crippen LogP contribution in [0.15, 0.2) is 65.6 Å². The van der Waals surface area contributed by atoms with Crippen molar-refractivity contribution >= 4 is 10.8 Å². The average molecular weight is 263 g/mol. The third kappa shape index (κ3) is 2.03. The van der Waals surface area contributed by atoms with E-state index in [4.69, 9.17) is 0 Å². The first-order valence-electron chi connectivity index (χ1n) is 6.88. The van der Waals surface area contributed by atoms with E-state index >= 15 is 0 Å². The standard InChI is InChI=1S/C18H17NO/c1-13(2)17-12-19(14-8-4-3-5-9-14)18(20)16-11-7-6-10-15(16)17/h3-13H,1-2H3. The molecule has 0 saturated carbocycles. The molecule has 0 N–H and O–H groups in total. The maximum absolute atomic E-state index is 12.7. The SMILES string of the molecule is CC(C)c1cn(-c2ccccc2)c(=O)c2ccccc12. The number of hydrogen-bond acceptors (Lipinski definition) is 1. The highest BCUT2D eigenvalue weighted by Crippen LogP contribution is 2.24. The van der Waals surface area contributed by atoms with Crippen LogP contribution in [0.1, 0.15) is 25.3 Å². The molecule has 100 valence electrons. The van der Waals surface area contributed by atoms with Gasteiger partial charge >= 0.3 is 0 Å². The van der Waals surface area contributed by atoms with Gasteiger partial charge in [0.2, 0.25) is 0 Å². The first kappa shape index (κ1) is 12.7. The van der Waals surface area contributed by atoms with E-state index in [1.54, 1.807) is 4.57 Å². The van der Waals surface area contributed by atoms with Crippen LogP contribution in [-0.2, 0) is 0 Å². The zero-order valence-corrected chi connectivity index (χ0v) is 11.7. The van der Waals surface area contributed by atoms with Gasteiger partial charge in [0.1, 0.15) is 0 Å². The van der Waals surface area contributed by atoms with Crippen LogP contribution in [0.5, 0.6) is 0 Å². The van der Waals surface area contributed by atoms with Crippen LogP contribution in [0, 0.1) is 0 Å². The van der Waals surface area contributed by atoms with Crippen LogP contribution < -0.4 is 5.56 Å². The fourth-order valence-corrected chi connectivity index (χ4v) is 2.56. The molecule has 0 aliphatic heterocycles. The molecule has 1 heterocycles. The Balaban J connectivity index is 2.40. The third-order valence-corrected chi connectivity index (χ3v) is 3.61. The van der Waals surface area contributed by atoms with Crippen molar-refractivity contribution in [3.05, 3.63) is 76.7 Å². The monoisotopic (exact) mass is 263 g/mol. The smallest absolute Gasteiger partial charge is 0.262 e. The molecule has 0 fully saturated rings. The van der Waals surface area contributed by atoms with Gasteiger partial charge in [-0.3, -0.25) is 9.36 Å². The van der Waals surface area contributed by atoms with Crippen LogP contribution in [-0.4, -0.2) is 4.57 Å². The highest BCUT2D eigenvalue weighted by molar-refractivity contribution is 5.85. The fraction of sp³-hybridized carbons (Fsp3) is 0.167. The van der Waals surface area contributed by atoms with Crippen molar-refractivity contribution in [1.82, 2.24) is 4.57 Å². The molecule has 0 atom stereocenters. The second-order valence-corrected chi connectivity index (χ2v) is 5.30. The molecule has 2 aromatic carbocycles. The van der Waals surface area contributed by atoms with Crippen LogP contribution in [0.2, 0.25) is 0 Å². The molecule has 0 amide bonds. The average Bonchev–Trinajstić information content (AvgIpc) is 2.48. The second-order valence-electron chi connectivity index (χ2n) is 5.30. The summed E-state index contributed by atoms with van der Waals surface area (Å²) in [6.45, 7) is 4.31. The van der Waals surface area contributed by atoms with Gasteiger partial charge in [-0.2, -0.15) is 0 Å². The van der Waals surface area contributed by atoms with E-state index < -0.39 is 0 Å². The van der Waals surface area contributed by atoms with Crippen LogP contribution in [0.25, 0.3) is 16.5 Å².